The zero-order chi connectivity index (χ0) is 13.7. The van der Waals surface area contributed by atoms with Gasteiger partial charge in [-0.2, -0.15) is 0 Å². The van der Waals surface area contributed by atoms with Crippen LogP contribution in [-0.4, -0.2) is 17.6 Å². The minimum absolute atomic E-state index is 0.153. The third-order valence-electron chi connectivity index (χ3n) is 2.46. The molecule has 5 heteroatoms. The molecule has 2 heterocycles. The molecule has 2 aromatic rings. The number of carbonyl (C=O) groups excluding carboxylic acids is 1. The minimum atomic E-state index is -0.223. The largest absolute Gasteiger partial charge is 0.459 e. The van der Waals surface area contributed by atoms with E-state index in [9.17, 15) is 4.79 Å². The number of aryl methyl sites for hydroxylation is 1. The van der Waals surface area contributed by atoms with Gasteiger partial charge in [0.15, 0.2) is 5.76 Å². The van der Waals surface area contributed by atoms with Crippen molar-refractivity contribution >= 4 is 17.2 Å². The molecular formula is C14H13NO3S. The Morgan fingerprint density at radius 2 is 2.42 bits per heavy atom. The molecule has 19 heavy (non-hydrogen) atoms. The topological polar surface area (TPSA) is 62.5 Å². The van der Waals surface area contributed by atoms with Gasteiger partial charge in [-0.15, -0.1) is 11.3 Å². The lowest BCUT2D eigenvalue weighted by molar-refractivity contribution is 0.0922. The van der Waals surface area contributed by atoms with E-state index in [1.165, 1.54) is 17.6 Å². The Hall–Kier alpha value is -2.03. The van der Waals surface area contributed by atoms with Gasteiger partial charge in [-0.1, -0.05) is 11.8 Å². The highest BCUT2D eigenvalue weighted by molar-refractivity contribution is 7.10. The maximum atomic E-state index is 11.8. The quantitative estimate of drug-likeness (QED) is 0.841. The summed E-state index contributed by atoms with van der Waals surface area (Å²) in [5.41, 5.74) is 1.66. The summed E-state index contributed by atoms with van der Waals surface area (Å²) in [6.45, 7) is 2.11. The lowest BCUT2D eigenvalue weighted by Crippen LogP contribution is -2.22. The number of amides is 1. The second kappa shape index (κ2) is 6.23. The van der Waals surface area contributed by atoms with E-state index >= 15 is 0 Å². The number of aliphatic hydroxyl groups excluding tert-OH is 1. The molecule has 0 aliphatic rings. The summed E-state index contributed by atoms with van der Waals surface area (Å²) in [5, 5.41) is 13.3. The number of aliphatic hydroxyl groups is 1. The van der Waals surface area contributed by atoms with Crippen LogP contribution in [0.15, 0.2) is 28.2 Å². The molecule has 0 aliphatic carbocycles. The zero-order valence-electron chi connectivity index (χ0n) is 10.4. The van der Waals surface area contributed by atoms with Crippen LogP contribution in [0.4, 0.5) is 0 Å². The fourth-order valence-corrected chi connectivity index (χ4v) is 2.29. The first-order valence-corrected chi connectivity index (χ1v) is 6.58. The van der Waals surface area contributed by atoms with Crippen molar-refractivity contribution in [1.29, 1.82) is 0 Å². The number of furan rings is 1. The molecule has 0 saturated heterocycles. The summed E-state index contributed by atoms with van der Waals surface area (Å²) >= 11 is 1.51. The highest BCUT2D eigenvalue weighted by Crippen LogP contribution is 2.14. The van der Waals surface area contributed by atoms with E-state index in [1.54, 1.807) is 6.07 Å². The fourth-order valence-electron chi connectivity index (χ4n) is 1.53. The minimum Gasteiger partial charge on any atom is -0.459 e. The Labute approximate surface area is 115 Å². The molecule has 0 spiro atoms. The van der Waals surface area contributed by atoms with Gasteiger partial charge in [-0.25, -0.2) is 0 Å². The Balaban J connectivity index is 1.94. The van der Waals surface area contributed by atoms with Gasteiger partial charge in [0.25, 0.3) is 5.91 Å². The molecule has 0 atom stereocenters. The normalized spacial score (nSPS) is 9.79. The van der Waals surface area contributed by atoms with Crippen LogP contribution in [0.2, 0.25) is 0 Å². The van der Waals surface area contributed by atoms with E-state index in [1.807, 2.05) is 18.4 Å². The van der Waals surface area contributed by atoms with E-state index < -0.39 is 0 Å². The van der Waals surface area contributed by atoms with Gasteiger partial charge in [-0.05, 0) is 19.1 Å². The summed E-state index contributed by atoms with van der Waals surface area (Å²) < 4.78 is 5.11. The van der Waals surface area contributed by atoms with Crippen molar-refractivity contribution in [2.75, 3.05) is 6.61 Å². The Morgan fingerprint density at radius 3 is 3.11 bits per heavy atom. The second-order valence-corrected chi connectivity index (χ2v) is 4.87. The molecule has 2 N–H and O–H groups in total. The zero-order valence-corrected chi connectivity index (χ0v) is 11.2. The molecule has 98 valence electrons. The van der Waals surface area contributed by atoms with E-state index in [-0.39, 0.29) is 12.5 Å². The van der Waals surface area contributed by atoms with Crippen molar-refractivity contribution in [3.63, 3.8) is 0 Å². The van der Waals surface area contributed by atoms with Crippen molar-refractivity contribution in [2.24, 2.45) is 0 Å². The van der Waals surface area contributed by atoms with Crippen LogP contribution in [0.25, 0.3) is 0 Å². The Kier molecular flexibility index (Phi) is 4.39. The third kappa shape index (κ3) is 3.47. The molecule has 0 unspecified atom stereocenters. The van der Waals surface area contributed by atoms with Crippen molar-refractivity contribution < 1.29 is 14.3 Å². The van der Waals surface area contributed by atoms with Crippen LogP contribution < -0.4 is 5.32 Å². The molecule has 0 aliphatic heterocycles. The predicted molar refractivity (Wildman–Crippen MR) is 72.9 cm³/mol. The van der Waals surface area contributed by atoms with Crippen LogP contribution in [-0.2, 0) is 6.54 Å². The molecule has 2 aromatic heterocycles. The SMILES string of the molecule is Cc1ccoc1C(=O)NCc1cc(C#CCO)cs1. The van der Waals surface area contributed by atoms with Crippen molar-refractivity contribution in [3.8, 4) is 11.8 Å². The standard InChI is InChI=1S/C14H13NO3S/c1-10-4-6-18-13(10)14(17)15-8-12-7-11(9-19-12)3-2-5-16/h4,6-7,9,16H,5,8H2,1H3,(H,15,17). The van der Waals surface area contributed by atoms with E-state index in [0.717, 1.165) is 16.0 Å². The van der Waals surface area contributed by atoms with Crippen molar-refractivity contribution in [3.05, 3.63) is 45.5 Å². The monoisotopic (exact) mass is 275 g/mol. The van der Waals surface area contributed by atoms with Crippen LogP contribution in [0.3, 0.4) is 0 Å². The summed E-state index contributed by atoms with van der Waals surface area (Å²) in [6.07, 6.45) is 1.50. The van der Waals surface area contributed by atoms with Crippen molar-refractivity contribution in [1.82, 2.24) is 5.32 Å². The highest BCUT2D eigenvalue weighted by Gasteiger charge is 2.12. The van der Waals surface area contributed by atoms with Gasteiger partial charge in [0.1, 0.15) is 6.61 Å². The van der Waals surface area contributed by atoms with Gasteiger partial charge < -0.3 is 14.8 Å². The molecular weight excluding hydrogens is 262 g/mol. The number of thiophene rings is 1. The Morgan fingerprint density at radius 1 is 1.58 bits per heavy atom. The van der Waals surface area contributed by atoms with E-state index in [4.69, 9.17) is 9.52 Å². The smallest absolute Gasteiger partial charge is 0.287 e. The maximum Gasteiger partial charge on any atom is 0.287 e. The lowest BCUT2D eigenvalue weighted by Gasteiger charge is -2.01. The predicted octanol–water partition coefficient (Wildman–Crippen LogP) is 1.92. The number of carbonyl (C=O) groups is 1. The van der Waals surface area contributed by atoms with E-state index in [0.29, 0.717) is 12.3 Å². The highest BCUT2D eigenvalue weighted by atomic mass is 32.1. The molecule has 0 aromatic carbocycles. The van der Waals surface area contributed by atoms with Crippen LogP contribution in [0.5, 0.6) is 0 Å². The first kappa shape index (κ1) is 13.4. The molecule has 4 nitrogen and oxygen atoms in total. The Bertz CT molecular complexity index is 630. The number of hydrogen-bond donors (Lipinski definition) is 2. The maximum absolute atomic E-state index is 11.8. The number of nitrogens with one attached hydrogen (secondary N) is 1. The van der Waals surface area contributed by atoms with Gasteiger partial charge in [-0.3, -0.25) is 4.79 Å². The average molecular weight is 275 g/mol. The fraction of sp³-hybridized carbons (Fsp3) is 0.214. The summed E-state index contributed by atoms with van der Waals surface area (Å²) in [4.78, 5) is 12.8. The summed E-state index contributed by atoms with van der Waals surface area (Å²) in [6, 6.07) is 3.64. The first-order valence-electron chi connectivity index (χ1n) is 5.70. The molecule has 0 radical (unpaired) electrons. The second-order valence-electron chi connectivity index (χ2n) is 3.88. The van der Waals surface area contributed by atoms with Crippen molar-refractivity contribution in [2.45, 2.75) is 13.5 Å². The van der Waals surface area contributed by atoms with E-state index in [2.05, 4.69) is 17.2 Å². The van der Waals surface area contributed by atoms with Gasteiger partial charge >= 0.3 is 0 Å². The van der Waals surface area contributed by atoms with Gasteiger partial charge in [0.2, 0.25) is 0 Å². The first-order chi connectivity index (χ1) is 9.20. The van der Waals surface area contributed by atoms with Crippen LogP contribution in [0, 0.1) is 18.8 Å². The van der Waals surface area contributed by atoms with Gasteiger partial charge in [0, 0.05) is 21.4 Å². The molecule has 2 rings (SSSR count). The average Bonchev–Trinajstić information content (AvgIpc) is 3.02. The molecule has 1 amide bonds. The molecule has 0 saturated carbocycles. The third-order valence-corrected chi connectivity index (χ3v) is 3.39. The van der Waals surface area contributed by atoms with Gasteiger partial charge in [0.05, 0.1) is 12.8 Å². The molecule has 0 bridgehead atoms. The van der Waals surface area contributed by atoms with Crippen LogP contribution >= 0.6 is 11.3 Å². The number of rotatable bonds is 3. The van der Waals surface area contributed by atoms with Crippen LogP contribution in [0.1, 0.15) is 26.6 Å². The summed E-state index contributed by atoms with van der Waals surface area (Å²) in [5.74, 6) is 5.52. The summed E-state index contributed by atoms with van der Waals surface area (Å²) in [7, 11) is 0. The molecule has 0 fully saturated rings. The lowest BCUT2D eigenvalue weighted by atomic mass is 10.2. The number of hydrogen-bond acceptors (Lipinski definition) is 4.